The van der Waals surface area contributed by atoms with Crippen molar-refractivity contribution in [3.05, 3.63) is 138 Å². The van der Waals surface area contributed by atoms with E-state index in [1.54, 1.807) is 0 Å². The summed E-state index contributed by atoms with van der Waals surface area (Å²) in [5, 5.41) is 3.35. The smallest absolute Gasteiger partial charge is 0.240 e. The van der Waals surface area contributed by atoms with Crippen molar-refractivity contribution in [2.45, 2.75) is 62.8 Å². The summed E-state index contributed by atoms with van der Waals surface area (Å²) in [6.45, 7) is 0.921. The van der Waals surface area contributed by atoms with Crippen molar-refractivity contribution in [1.82, 2.24) is 5.32 Å². The molecule has 5 heteroatoms. The Balaban J connectivity index is 1.33. The van der Waals surface area contributed by atoms with Crippen LogP contribution in [0.15, 0.2) is 115 Å². The van der Waals surface area contributed by atoms with Gasteiger partial charge in [-0.2, -0.15) is 0 Å². The van der Waals surface area contributed by atoms with Crippen LogP contribution in [-0.4, -0.2) is 24.0 Å². The van der Waals surface area contributed by atoms with Crippen LogP contribution in [0.1, 0.15) is 47.9 Å². The maximum Gasteiger partial charge on any atom is 0.240 e. The highest BCUT2D eigenvalue weighted by Crippen LogP contribution is 2.51. The first-order chi connectivity index (χ1) is 20.1. The molecule has 0 aromatic heterocycles. The number of hydrogen-bond acceptors (Lipinski definition) is 3. The molecule has 5 nitrogen and oxygen atoms in total. The van der Waals surface area contributed by atoms with E-state index in [0.29, 0.717) is 32.4 Å². The molecule has 1 heterocycles. The number of benzene rings is 4. The SMILES string of the molecule is O=C(CCc1ccccc1)N[C@H]1[C@H](OCc2ccccc2)CCC[C@@]12C(=O)N(Cc1ccccc1)c1ccccc12. The van der Waals surface area contributed by atoms with Gasteiger partial charge in [-0.3, -0.25) is 9.59 Å². The zero-order chi connectivity index (χ0) is 28.1. The summed E-state index contributed by atoms with van der Waals surface area (Å²) >= 11 is 0. The molecule has 1 aliphatic heterocycles. The van der Waals surface area contributed by atoms with Crippen LogP contribution in [0, 0.1) is 0 Å². The monoisotopic (exact) mass is 544 g/mol. The summed E-state index contributed by atoms with van der Waals surface area (Å²) in [4.78, 5) is 30.1. The number of amides is 2. The first kappa shape index (κ1) is 27.0. The van der Waals surface area contributed by atoms with Crippen molar-refractivity contribution in [3.8, 4) is 0 Å². The Morgan fingerprint density at radius 1 is 0.805 bits per heavy atom. The Labute approximate surface area is 242 Å². The van der Waals surface area contributed by atoms with E-state index in [1.807, 2.05) is 102 Å². The summed E-state index contributed by atoms with van der Waals surface area (Å²) in [5.74, 6) is -0.0100. The summed E-state index contributed by atoms with van der Waals surface area (Å²) in [6.07, 6.45) is 3.00. The molecule has 0 unspecified atom stereocenters. The molecule has 208 valence electrons. The molecule has 0 radical (unpaired) electrons. The highest BCUT2D eigenvalue weighted by molar-refractivity contribution is 6.09. The lowest BCUT2D eigenvalue weighted by Crippen LogP contribution is -2.63. The minimum atomic E-state index is -0.882. The maximum absolute atomic E-state index is 14.7. The van der Waals surface area contributed by atoms with E-state index in [0.717, 1.165) is 40.8 Å². The largest absolute Gasteiger partial charge is 0.371 e. The average molecular weight is 545 g/mol. The van der Waals surface area contributed by atoms with E-state index in [1.165, 1.54) is 0 Å². The molecular weight excluding hydrogens is 508 g/mol. The van der Waals surface area contributed by atoms with E-state index >= 15 is 0 Å². The first-order valence-corrected chi connectivity index (χ1v) is 14.6. The normalized spacial score (nSPS) is 21.6. The van der Waals surface area contributed by atoms with Gasteiger partial charge in [-0.15, -0.1) is 0 Å². The molecule has 4 aromatic carbocycles. The van der Waals surface area contributed by atoms with Gasteiger partial charge in [-0.25, -0.2) is 0 Å². The van der Waals surface area contributed by atoms with Gasteiger partial charge in [0.05, 0.1) is 30.7 Å². The van der Waals surface area contributed by atoms with E-state index in [9.17, 15) is 9.59 Å². The van der Waals surface area contributed by atoms with Crippen molar-refractivity contribution in [2.75, 3.05) is 4.90 Å². The third kappa shape index (κ3) is 5.55. The Morgan fingerprint density at radius 3 is 2.12 bits per heavy atom. The molecule has 3 atom stereocenters. The molecule has 6 rings (SSSR count). The highest BCUT2D eigenvalue weighted by atomic mass is 16.5. The Kier molecular flexibility index (Phi) is 7.97. The number of fused-ring (bicyclic) bond motifs is 2. The van der Waals surface area contributed by atoms with Crippen LogP contribution in [0.25, 0.3) is 0 Å². The Morgan fingerprint density at radius 2 is 1.41 bits per heavy atom. The number of ether oxygens (including phenoxy) is 1. The molecular formula is C36H36N2O3. The lowest BCUT2D eigenvalue weighted by molar-refractivity contribution is -0.133. The van der Waals surface area contributed by atoms with Crippen molar-refractivity contribution in [3.63, 3.8) is 0 Å². The third-order valence-electron chi connectivity index (χ3n) is 8.56. The fraction of sp³-hybridized carbons (Fsp3) is 0.278. The molecule has 1 saturated carbocycles. The summed E-state index contributed by atoms with van der Waals surface area (Å²) in [5.41, 5.74) is 4.30. The lowest BCUT2D eigenvalue weighted by Gasteiger charge is -2.45. The molecule has 0 saturated heterocycles. The quantitative estimate of drug-likeness (QED) is 0.267. The predicted octanol–water partition coefficient (Wildman–Crippen LogP) is 6.36. The van der Waals surface area contributed by atoms with Gasteiger partial charge in [0, 0.05) is 12.1 Å². The number of aryl methyl sites for hydroxylation is 1. The predicted molar refractivity (Wildman–Crippen MR) is 161 cm³/mol. The number of carbonyl (C=O) groups excluding carboxylic acids is 2. The van der Waals surface area contributed by atoms with Crippen LogP contribution in [0.3, 0.4) is 0 Å². The zero-order valence-corrected chi connectivity index (χ0v) is 23.2. The third-order valence-corrected chi connectivity index (χ3v) is 8.56. The van der Waals surface area contributed by atoms with Crippen molar-refractivity contribution >= 4 is 17.5 Å². The van der Waals surface area contributed by atoms with Crippen LogP contribution in [-0.2, 0) is 39.3 Å². The summed E-state index contributed by atoms with van der Waals surface area (Å²) < 4.78 is 6.56. The van der Waals surface area contributed by atoms with Gasteiger partial charge in [0.25, 0.3) is 0 Å². The van der Waals surface area contributed by atoms with Gasteiger partial charge in [0.15, 0.2) is 0 Å². The van der Waals surface area contributed by atoms with Crippen LogP contribution in [0.2, 0.25) is 0 Å². The number of nitrogens with one attached hydrogen (secondary N) is 1. The fourth-order valence-corrected chi connectivity index (χ4v) is 6.56. The molecule has 1 fully saturated rings. The van der Waals surface area contributed by atoms with E-state index in [-0.39, 0.29) is 17.9 Å². The topological polar surface area (TPSA) is 58.6 Å². The standard InChI is InChI=1S/C36H36N2O3/c39-33(23-22-27-13-4-1-5-14-27)37-34-32(41-26-29-17-8-3-9-18-29)21-12-24-36(34)30-19-10-11-20-31(30)38(35(36)40)25-28-15-6-2-7-16-28/h1-11,13-20,32,34H,12,21-26H2,(H,37,39)/t32-,34+,36+/m1/s1. The zero-order valence-electron chi connectivity index (χ0n) is 23.2. The average Bonchev–Trinajstić information content (AvgIpc) is 3.25. The lowest BCUT2D eigenvalue weighted by atomic mass is 9.65. The minimum Gasteiger partial charge on any atom is -0.371 e. The van der Waals surface area contributed by atoms with E-state index in [4.69, 9.17) is 4.74 Å². The minimum absolute atomic E-state index is 0.0453. The second kappa shape index (κ2) is 12.1. The van der Waals surface area contributed by atoms with Gasteiger partial charge < -0.3 is 15.0 Å². The van der Waals surface area contributed by atoms with Gasteiger partial charge in [0.2, 0.25) is 11.8 Å². The van der Waals surface area contributed by atoms with Crippen molar-refractivity contribution < 1.29 is 14.3 Å². The number of para-hydroxylation sites is 1. The number of hydrogen-bond donors (Lipinski definition) is 1. The van der Waals surface area contributed by atoms with Crippen LogP contribution < -0.4 is 10.2 Å². The molecule has 0 bridgehead atoms. The Bertz CT molecular complexity index is 1470. The van der Waals surface area contributed by atoms with Crippen LogP contribution >= 0.6 is 0 Å². The van der Waals surface area contributed by atoms with Gasteiger partial charge >= 0.3 is 0 Å². The molecule has 1 spiro atoms. The molecule has 1 N–H and O–H groups in total. The second-order valence-corrected chi connectivity index (χ2v) is 11.1. The number of anilines is 1. The highest BCUT2D eigenvalue weighted by Gasteiger charge is 2.59. The summed E-state index contributed by atoms with van der Waals surface area (Å²) in [6, 6.07) is 37.8. The Hall–Kier alpha value is -4.22. The second-order valence-electron chi connectivity index (χ2n) is 11.1. The van der Waals surface area contributed by atoms with Gasteiger partial charge in [-0.1, -0.05) is 109 Å². The van der Waals surface area contributed by atoms with E-state index in [2.05, 4.69) is 23.5 Å². The van der Waals surface area contributed by atoms with Gasteiger partial charge in [0.1, 0.15) is 0 Å². The summed E-state index contributed by atoms with van der Waals surface area (Å²) in [7, 11) is 0. The number of rotatable bonds is 9. The van der Waals surface area contributed by atoms with Gasteiger partial charge in [-0.05, 0) is 54.0 Å². The molecule has 1 aliphatic carbocycles. The molecule has 4 aromatic rings. The fourth-order valence-electron chi connectivity index (χ4n) is 6.56. The van der Waals surface area contributed by atoms with Crippen molar-refractivity contribution in [1.29, 1.82) is 0 Å². The molecule has 2 aliphatic rings. The van der Waals surface area contributed by atoms with Crippen molar-refractivity contribution in [2.24, 2.45) is 0 Å². The molecule has 41 heavy (non-hydrogen) atoms. The maximum atomic E-state index is 14.7. The first-order valence-electron chi connectivity index (χ1n) is 14.6. The number of carbonyl (C=O) groups is 2. The van der Waals surface area contributed by atoms with Crippen LogP contribution in [0.4, 0.5) is 5.69 Å². The van der Waals surface area contributed by atoms with Crippen LogP contribution in [0.5, 0.6) is 0 Å². The number of nitrogens with zero attached hydrogens (tertiary/aromatic N) is 1. The van der Waals surface area contributed by atoms with E-state index < -0.39 is 11.5 Å². The molecule has 2 amide bonds.